The van der Waals surface area contributed by atoms with Crippen molar-refractivity contribution in [2.45, 2.75) is 43.7 Å². The van der Waals surface area contributed by atoms with Gasteiger partial charge in [0.05, 0.1) is 17.9 Å². The van der Waals surface area contributed by atoms with E-state index in [1.165, 1.54) is 16.9 Å². The fraction of sp³-hybridized carbons (Fsp3) is 0.308. The van der Waals surface area contributed by atoms with Gasteiger partial charge in [0.1, 0.15) is 6.67 Å². The third kappa shape index (κ3) is 2.65. The van der Waals surface area contributed by atoms with Crippen LogP contribution in [-0.4, -0.2) is 39.2 Å². The molecule has 2 aliphatic carbocycles. The largest absolute Gasteiger partial charge is 0.502 e. The highest BCUT2D eigenvalue weighted by Gasteiger charge is 2.71. The molecule has 6 rings (SSSR count). The summed E-state index contributed by atoms with van der Waals surface area (Å²) in [6, 6.07) is 14.9. The number of pyridine rings is 1. The number of benzene rings is 2. The predicted octanol–water partition coefficient (Wildman–Crippen LogP) is 3.93. The number of amides is 1. The molecule has 174 valence electrons. The third-order valence-electron chi connectivity index (χ3n) is 7.32. The molecule has 1 saturated carbocycles. The molecule has 1 aromatic heterocycles. The normalized spacial score (nSPS) is 24.1. The Morgan fingerprint density at radius 3 is 1.97 bits per heavy atom. The Labute approximate surface area is 194 Å². The summed E-state index contributed by atoms with van der Waals surface area (Å²) >= 11 is 0. The second kappa shape index (κ2) is 6.91. The monoisotopic (exact) mass is 463 g/mol. The van der Waals surface area contributed by atoms with Crippen LogP contribution in [-0.2, 0) is 0 Å². The van der Waals surface area contributed by atoms with E-state index in [4.69, 9.17) is 0 Å². The average Bonchev–Trinajstić information content (AvgIpc) is 3.42. The van der Waals surface area contributed by atoms with E-state index in [0.29, 0.717) is 11.1 Å². The maximum atomic E-state index is 15.0. The number of fused-ring (bicyclic) bond motifs is 6. The molecule has 2 aromatic carbocycles. The molecule has 3 aromatic rings. The lowest BCUT2D eigenvalue weighted by atomic mass is 9.91. The van der Waals surface area contributed by atoms with Crippen molar-refractivity contribution in [2.75, 3.05) is 11.7 Å². The summed E-state index contributed by atoms with van der Waals surface area (Å²) in [5.41, 5.74) is 1.84. The van der Waals surface area contributed by atoms with E-state index in [9.17, 15) is 14.7 Å². The van der Waals surface area contributed by atoms with Crippen molar-refractivity contribution in [3.05, 3.63) is 99.0 Å². The molecule has 1 unspecified atom stereocenters. The number of hydrogen-bond acceptors (Lipinski definition) is 4. The van der Waals surface area contributed by atoms with Gasteiger partial charge in [-0.1, -0.05) is 48.5 Å². The van der Waals surface area contributed by atoms with E-state index < -0.39 is 40.9 Å². The molecule has 0 bridgehead atoms. The van der Waals surface area contributed by atoms with Gasteiger partial charge >= 0.3 is 0 Å². The number of halogens is 2. The summed E-state index contributed by atoms with van der Waals surface area (Å²) in [6.07, 6.45) is 1.47. The average molecular weight is 463 g/mol. The molecule has 2 heterocycles. The SMILES string of the molecule is CC(C)N1CN(C2c3ccccc3[C@@H]3[C@H](c4ccccc42)C3(F)F)n2ccc(=O)c(O)c2C1=O. The molecular formula is C26H23F2N3O3. The predicted molar refractivity (Wildman–Crippen MR) is 122 cm³/mol. The minimum Gasteiger partial charge on any atom is -0.502 e. The zero-order valence-electron chi connectivity index (χ0n) is 18.7. The van der Waals surface area contributed by atoms with Crippen LogP contribution in [0.25, 0.3) is 0 Å². The van der Waals surface area contributed by atoms with Crippen LogP contribution in [0.3, 0.4) is 0 Å². The van der Waals surface area contributed by atoms with Crippen LogP contribution < -0.4 is 10.4 Å². The Morgan fingerprint density at radius 2 is 1.44 bits per heavy atom. The van der Waals surface area contributed by atoms with Crippen LogP contribution in [0, 0.1) is 0 Å². The molecule has 3 aliphatic rings. The van der Waals surface area contributed by atoms with E-state index in [-0.39, 0.29) is 18.4 Å². The van der Waals surface area contributed by atoms with Crippen molar-refractivity contribution >= 4 is 5.91 Å². The first-order valence-corrected chi connectivity index (χ1v) is 11.3. The van der Waals surface area contributed by atoms with E-state index in [2.05, 4.69) is 0 Å². The standard InChI is InChI=1S/C26H23F2N3O3/c1-14(2)29-13-31(30-12-11-19(32)24(33)23(30)25(29)34)22-17-9-5-3-7-15(17)20-21(26(20,27)28)16-8-4-6-10-18(16)22/h3-12,14,20-22,33H,13H2,1-2H3/t20-,21+,22?. The smallest absolute Gasteiger partial charge is 0.278 e. The van der Waals surface area contributed by atoms with Crippen molar-refractivity contribution in [3.8, 4) is 5.75 Å². The van der Waals surface area contributed by atoms with Gasteiger partial charge in [0.25, 0.3) is 11.8 Å². The molecule has 1 fully saturated rings. The lowest BCUT2D eigenvalue weighted by Crippen LogP contribution is -2.57. The van der Waals surface area contributed by atoms with E-state index in [1.807, 2.05) is 43.1 Å². The molecule has 1 amide bonds. The quantitative estimate of drug-likeness (QED) is 0.626. The molecular weight excluding hydrogens is 440 g/mol. The van der Waals surface area contributed by atoms with Crippen molar-refractivity contribution in [3.63, 3.8) is 0 Å². The lowest BCUT2D eigenvalue weighted by Gasteiger charge is -2.45. The van der Waals surface area contributed by atoms with Crippen molar-refractivity contribution < 1.29 is 18.7 Å². The summed E-state index contributed by atoms with van der Waals surface area (Å²) in [4.78, 5) is 27.0. The van der Waals surface area contributed by atoms with Gasteiger partial charge in [-0.05, 0) is 36.1 Å². The van der Waals surface area contributed by atoms with Crippen LogP contribution in [0.4, 0.5) is 8.78 Å². The second-order valence-corrected chi connectivity index (χ2v) is 9.46. The summed E-state index contributed by atoms with van der Waals surface area (Å²) < 4.78 is 31.6. The molecule has 1 aliphatic heterocycles. The second-order valence-electron chi connectivity index (χ2n) is 9.46. The summed E-state index contributed by atoms with van der Waals surface area (Å²) in [7, 11) is 0. The zero-order valence-corrected chi connectivity index (χ0v) is 18.7. The third-order valence-corrected chi connectivity index (χ3v) is 7.32. The Morgan fingerprint density at radius 1 is 0.912 bits per heavy atom. The molecule has 6 nitrogen and oxygen atoms in total. The summed E-state index contributed by atoms with van der Waals surface area (Å²) in [5, 5.41) is 12.5. The van der Waals surface area contributed by atoms with Gasteiger partial charge < -0.3 is 10.0 Å². The number of rotatable bonds is 2. The highest BCUT2D eigenvalue weighted by molar-refractivity contribution is 5.96. The topological polar surface area (TPSA) is 65.8 Å². The van der Waals surface area contributed by atoms with Gasteiger partial charge in [-0.2, -0.15) is 0 Å². The lowest BCUT2D eigenvalue weighted by molar-refractivity contribution is 0.0621. The fourth-order valence-corrected chi connectivity index (χ4v) is 5.63. The highest BCUT2D eigenvalue weighted by atomic mass is 19.3. The van der Waals surface area contributed by atoms with Gasteiger partial charge in [-0.3, -0.25) is 19.3 Å². The number of carbonyl (C=O) groups is 1. The minimum atomic E-state index is -2.83. The first-order valence-electron chi connectivity index (χ1n) is 11.3. The van der Waals surface area contributed by atoms with Crippen molar-refractivity contribution in [1.82, 2.24) is 9.58 Å². The van der Waals surface area contributed by atoms with Crippen molar-refractivity contribution in [1.29, 1.82) is 0 Å². The van der Waals surface area contributed by atoms with E-state index >= 15 is 8.78 Å². The Bertz CT molecular complexity index is 1340. The van der Waals surface area contributed by atoms with Crippen LogP contribution in [0.15, 0.2) is 65.6 Å². The van der Waals surface area contributed by atoms with Gasteiger partial charge in [-0.15, -0.1) is 0 Å². The first-order chi connectivity index (χ1) is 16.2. The Kier molecular flexibility index (Phi) is 4.25. The van der Waals surface area contributed by atoms with Crippen LogP contribution in [0.5, 0.6) is 5.75 Å². The number of aromatic nitrogens is 1. The molecule has 0 spiro atoms. The Hall–Kier alpha value is -3.68. The first kappa shape index (κ1) is 20.9. The number of aromatic hydroxyl groups is 1. The van der Waals surface area contributed by atoms with Gasteiger partial charge in [0.2, 0.25) is 5.43 Å². The Balaban J connectivity index is 1.64. The molecule has 8 heteroatoms. The number of hydrogen-bond donors (Lipinski definition) is 1. The zero-order chi connectivity index (χ0) is 23.9. The van der Waals surface area contributed by atoms with Gasteiger partial charge in [0, 0.05) is 18.3 Å². The minimum absolute atomic E-state index is 0.123. The molecule has 1 N–H and O–H groups in total. The maximum absolute atomic E-state index is 15.0. The van der Waals surface area contributed by atoms with Crippen LogP contribution >= 0.6 is 0 Å². The number of nitrogens with zero attached hydrogens (tertiary/aromatic N) is 3. The molecule has 0 saturated heterocycles. The van der Waals surface area contributed by atoms with E-state index in [1.54, 1.807) is 29.2 Å². The van der Waals surface area contributed by atoms with Crippen LogP contribution in [0.1, 0.15) is 64.5 Å². The molecule has 3 atom stereocenters. The van der Waals surface area contributed by atoms with Crippen LogP contribution in [0.2, 0.25) is 0 Å². The number of carbonyl (C=O) groups excluding carboxylic acids is 1. The molecule has 0 radical (unpaired) electrons. The fourth-order valence-electron chi connectivity index (χ4n) is 5.63. The van der Waals surface area contributed by atoms with Gasteiger partial charge in [-0.25, -0.2) is 8.78 Å². The summed E-state index contributed by atoms with van der Waals surface area (Å²) in [6.45, 7) is 3.87. The van der Waals surface area contributed by atoms with Gasteiger partial charge in [0.15, 0.2) is 11.4 Å². The van der Waals surface area contributed by atoms with Crippen molar-refractivity contribution in [2.24, 2.45) is 0 Å². The van der Waals surface area contributed by atoms with E-state index in [0.717, 1.165) is 11.1 Å². The maximum Gasteiger partial charge on any atom is 0.278 e. The summed E-state index contributed by atoms with van der Waals surface area (Å²) in [5.74, 6) is -5.73. The highest BCUT2D eigenvalue weighted by Crippen LogP contribution is 2.70. The number of alkyl halides is 2. The molecule has 34 heavy (non-hydrogen) atoms.